The first-order chi connectivity index (χ1) is 37.5. The largest absolute Gasteiger partial charge is 0.756 e. The molecular formula is C68H121N2O6P. The van der Waals surface area contributed by atoms with Gasteiger partial charge in [-0.3, -0.25) is 9.36 Å². The molecule has 444 valence electrons. The quantitative estimate of drug-likeness (QED) is 0.0272. The number of nitrogens with one attached hydrogen (secondary N) is 1. The molecule has 0 heterocycles. The summed E-state index contributed by atoms with van der Waals surface area (Å²) in [4.78, 5) is 25.6. The van der Waals surface area contributed by atoms with Gasteiger partial charge in [0.1, 0.15) is 13.2 Å². The van der Waals surface area contributed by atoms with Crippen LogP contribution in [-0.4, -0.2) is 68.5 Å². The van der Waals surface area contributed by atoms with Gasteiger partial charge in [0.05, 0.1) is 39.9 Å². The number of amides is 1. The second-order valence-electron chi connectivity index (χ2n) is 22.4. The fourth-order valence-electron chi connectivity index (χ4n) is 8.80. The second kappa shape index (κ2) is 57.8. The summed E-state index contributed by atoms with van der Waals surface area (Å²) in [5.41, 5.74) is 0. The third kappa shape index (κ3) is 60.6. The highest BCUT2D eigenvalue weighted by molar-refractivity contribution is 7.45. The minimum Gasteiger partial charge on any atom is -0.756 e. The number of aliphatic hydroxyl groups excluding tert-OH is 1. The molecule has 8 nitrogen and oxygen atoms in total. The average Bonchev–Trinajstić information content (AvgIpc) is 3.39. The Balaban J connectivity index is 4.20. The van der Waals surface area contributed by atoms with Crippen molar-refractivity contribution in [3.8, 4) is 0 Å². The van der Waals surface area contributed by atoms with Gasteiger partial charge in [0, 0.05) is 6.42 Å². The van der Waals surface area contributed by atoms with Gasteiger partial charge < -0.3 is 28.8 Å². The fraction of sp³-hybridized carbons (Fsp3) is 0.721. The molecule has 0 saturated heterocycles. The van der Waals surface area contributed by atoms with E-state index in [0.29, 0.717) is 17.4 Å². The summed E-state index contributed by atoms with van der Waals surface area (Å²) in [7, 11) is 1.23. The van der Waals surface area contributed by atoms with Crippen LogP contribution in [0.1, 0.15) is 264 Å². The summed E-state index contributed by atoms with van der Waals surface area (Å²) < 4.78 is 23.4. The molecule has 0 bridgehead atoms. The molecule has 0 aliphatic rings. The first kappa shape index (κ1) is 74.2. The van der Waals surface area contributed by atoms with E-state index in [1.165, 1.54) is 161 Å². The Labute approximate surface area is 476 Å². The third-order valence-electron chi connectivity index (χ3n) is 13.7. The Morgan fingerprint density at radius 2 is 0.805 bits per heavy atom. The van der Waals surface area contributed by atoms with Crippen LogP contribution in [0.4, 0.5) is 0 Å². The SMILES string of the molecule is CC/C=C\C/C=C\C/C=C\C/C=C\C/C=C\C/C=C\C/C=C\CCCCCCCCCCCCCC(=O)NC(COP(=O)([O-])OCC[N+](C)(C)C)C(O)/C=C/CC/C=C/CCCCCCCCCCCCCCCCCC. The summed E-state index contributed by atoms with van der Waals surface area (Å²) >= 11 is 0. The van der Waals surface area contributed by atoms with E-state index in [4.69, 9.17) is 9.05 Å². The molecule has 3 unspecified atom stereocenters. The molecule has 0 rings (SSSR count). The van der Waals surface area contributed by atoms with Gasteiger partial charge in [-0.2, -0.15) is 0 Å². The van der Waals surface area contributed by atoms with Gasteiger partial charge in [-0.25, -0.2) is 0 Å². The zero-order chi connectivity index (χ0) is 56.3. The minimum absolute atomic E-state index is 0.0114. The zero-order valence-corrected chi connectivity index (χ0v) is 51.5. The van der Waals surface area contributed by atoms with Crippen molar-refractivity contribution in [2.75, 3.05) is 40.9 Å². The van der Waals surface area contributed by atoms with Crippen molar-refractivity contribution in [1.82, 2.24) is 5.32 Å². The van der Waals surface area contributed by atoms with Crippen molar-refractivity contribution in [1.29, 1.82) is 0 Å². The molecule has 0 fully saturated rings. The molecule has 0 aliphatic carbocycles. The molecule has 0 spiro atoms. The molecule has 9 heteroatoms. The maximum Gasteiger partial charge on any atom is 0.268 e. The normalized spacial score (nSPS) is 14.5. The van der Waals surface area contributed by atoms with Gasteiger partial charge in [0.15, 0.2) is 0 Å². The van der Waals surface area contributed by atoms with Crippen molar-refractivity contribution in [2.45, 2.75) is 276 Å². The van der Waals surface area contributed by atoms with Crippen LogP contribution in [0, 0.1) is 0 Å². The van der Waals surface area contributed by atoms with Crippen molar-refractivity contribution in [3.05, 3.63) is 109 Å². The van der Waals surface area contributed by atoms with Gasteiger partial charge in [-0.05, 0) is 89.9 Å². The molecule has 0 aliphatic heterocycles. The number of phosphoric acid groups is 1. The molecule has 1 amide bonds. The highest BCUT2D eigenvalue weighted by Crippen LogP contribution is 2.38. The number of carbonyl (C=O) groups excluding carboxylic acids is 1. The number of nitrogens with zero attached hydrogens (tertiary/aromatic N) is 1. The highest BCUT2D eigenvalue weighted by Gasteiger charge is 2.23. The van der Waals surface area contributed by atoms with Crippen LogP contribution < -0.4 is 10.2 Å². The maximum atomic E-state index is 13.0. The molecule has 0 aromatic rings. The topological polar surface area (TPSA) is 108 Å². The zero-order valence-electron chi connectivity index (χ0n) is 50.6. The Bertz CT molecular complexity index is 1620. The van der Waals surface area contributed by atoms with Crippen molar-refractivity contribution < 1.29 is 32.9 Å². The number of hydrogen-bond donors (Lipinski definition) is 2. The number of allylic oxidation sites excluding steroid dienone is 17. The van der Waals surface area contributed by atoms with Crippen LogP contribution in [0.5, 0.6) is 0 Å². The van der Waals surface area contributed by atoms with Crippen LogP contribution in [0.2, 0.25) is 0 Å². The molecule has 3 atom stereocenters. The predicted octanol–water partition coefficient (Wildman–Crippen LogP) is 19.3. The first-order valence-electron chi connectivity index (χ1n) is 31.7. The number of rotatable bonds is 57. The van der Waals surface area contributed by atoms with E-state index in [0.717, 1.165) is 83.5 Å². The lowest BCUT2D eigenvalue weighted by Gasteiger charge is -2.29. The molecule has 0 aromatic carbocycles. The Hall–Kier alpha value is -2.84. The number of quaternary nitrogens is 1. The molecule has 0 saturated carbocycles. The third-order valence-corrected chi connectivity index (χ3v) is 14.7. The van der Waals surface area contributed by atoms with E-state index in [9.17, 15) is 19.4 Å². The number of unbranched alkanes of at least 4 members (excludes halogenated alkanes) is 28. The summed E-state index contributed by atoms with van der Waals surface area (Å²) in [6.45, 7) is 4.52. The van der Waals surface area contributed by atoms with E-state index < -0.39 is 26.6 Å². The predicted molar refractivity (Wildman–Crippen MR) is 334 cm³/mol. The van der Waals surface area contributed by atoms with Gasteiger partial charge >= 0.3 is 0 Å². The number of likely N-dealkylation sites (N-methyl/N-ethyl adjacent to an activating group) is 1. The Morgan fingerprint density at radius 1 is 0.468 bits per heavy atom. The summed E-state index contributed by atoms with van der Waals surface area (Å²) in [5.74, 6) is -0.213. The van der Waals surface area contributed by atoms with Crippen molar-refractivity contribution in [2.24, 2.45) is 0 Å². The summed E-state index contributed by atoms with van der Waals surface area (Å²) in [6, 6.07) is -0.913. The summed E-state index contributed by atoms with van der Waals surface area (Å²) in [5, 5.41) is 13.9. The highest BCUT2D eigenvalue weighted by atomic mass is 31.2. The minimum atomic E-state index is -4.62. The molecule has 2 N–H and O–H groups in total. The summed E-state index contributed by atoms with van der Waals surface area (Å²) in [6.07, 6.45) is 84.7. The number of carbonyl (C=O) groups is 1. The van der Waals surface area contributed by atoms with Gasteiger partial charge in [-0.1, -0.05) is 277 Å². The van der Waals surface area contributed by atoms with E-state index in [-0.39, 0.29) is 12.5 Å². The van der Waals surface area contributed by atoms with E-state index in [1.54, 1.807) is 6.08 Å². The second-order valence-corrected chi connectivity index (χ2v) is 23.8. The lowest BCUT2D eigenvalue weighted by molar-refractivity contribution is -0.870. The standard InChI is InChI=1S/C68H121N2O6P/c1-6-8-10-12-14-16-18-20-22-24-26-28-30-31-32-33-34-35-36-37-38-39-40-42-44-46-48-50-52-54-56-58-60-62-68(72)69-66(65-76-77(73,74)75-64-63-70(3,4)5)67(71)61-59-57-55-53-51-49-47-45-43-41-29-27-25-23-21-19-17-15-13-11-9-7-2/h8,10,14,16,20,22,26,28,31-32,34-35,37-38,51,53,59,61,66-67,71H,6-7,9,11-13,15,17-19,21,23-25,27,29-30,33,36,39-50,52,54-58,60,62-65H2,1-5H3,(H-,69,72,73,74)/b10-8-,16-14-,22-20-,28-26-,32-31-,35-34-,38-37-,53-51+,61-59+. The molecule has 77 heavy (non-hydrogen) atoms. The number of hydrogen-bond acceptors (Lipinski definition) is 6. The van der Waals surface area contributed by atoms with Gasteiger partial charge in [0.2, 0.25) is 5.91 Å². The van der Waals surface area contributed by atoms with Crippen LogP contribution in [-0.2, 0) is 18.4 Å². The molecule has 0 aromatic heterocycles. The van der Waals surface area contributed by atoms with Crippen LogP contribution >= 0.6 is 7.82 Å². The number of aliphatic hydroxyl groups is 1. The first-order valence-corrected chi connectivity index (χ1v) is 33.2. The maximum absolute atomic E-state index is 13.0. The smallest absolute Gasteiger partial charge is 0.268 e. The lowest BCUT2D eigenvalue weighted by atomic mass is 10.0. The van der Waals surface area contributed by atoms with Crippen molar-refractivity contribution >= 4 is 13.7 Å². The number of phosphoric ester groups is 1. The molecular weight excluding hydrogens is 972 g/mol. The molecule has 0 radical (unpaired) electrons. The van der Waals surface area contributed by atoms with Gasteiger partial charge in [0.25, 0.3) is 7.82 Å². The fourth-order valence-corrected chi connectivity index (χ4v) is 9.52. The van der Waals surface area contributed by atoms with Crippen LogP contribution in [0.25, 0.3) is 0 Å². The Morgan fingerprint density at radius 3 is 1.21 bits per heavy atom. The Kier molecular flexibility index (Phi) is 55.7. The lowest BCUT2D eigenvalue weighted by Crippen LogP contribution is -2.45. The average molecular weight is 1090 g/mol. The van der Waals surface area contributed by atoms with E-state index in [2.05, 4.69) is 116 Å². The van der Waals surface area contributed by atoms with Crippen LogP contribution in [0.3, 0.4) is 0 Å². The van der Waals surface area contributed by atoms with Crippen molar-refractivity contribution in [3.63, 3.8) is 0 Å². The van der Waals surface area contributed by atoms with Gasteiger partial charge in [-0.15, -0.1) is 0 Å². The van der Waals surface area contributed by atoms with E-state index in [1.807, 2.05) is 27.2 Å². The van der Waals surface area contributed by atoms with Crippen LogP contribution in [0.15, 0.2) is 109 Å². The van der Waals surface area contributed by atoms with E-state index >= 15 is 0 Å². The monoisotopic (exact) mass is 1090 g/mol.